The number of aromatic nitrogens is 3. The first-order valence-corrected chi connectivity index (χ1v) is 13.4. The second kappa shape index (κ2) is 12.3. The highest BCUT2D eigenvalue weighted by Crippen LogP contribution is 2.30. The monoisotopic (exact) mass is 536 g/mol. The minimum Gasteiger partial charge on any atom is -0.490 e. The average Bonchev–Trinajstić information content (AvgIpc) is 3.47. The number of fused-ring (bicyclic) bond motifs is 1. The summed E-state index contributed by atoms with van der Waals surface area (Å²) in [6.45, 7) is 8.17. The quantitative estimate of drug-likeness (QED) is 0.201. The van der Waals surface area contributed by atoms with Crippen molar-refractivity contribution in [1.29, 1.82) is 0 Å². The van der Waals surface area contributed by atoms with Gasteiger partial charge in [0.1, 0.15) is 12.4 Å². The van der Waals surface area contributed by atoms with Crippen LogP contribution >= 0.6 is 0 Å². The number of para-hydroxylation sites is 1. The number of hydrogen-bond donors (Lipinski definition) is 1. The largest absolute Gasteiger partial charge is 0.490 e. The van der Waals surface area contributed by atoms with E-state index >= 15 is 0 Å². The van der Waals surface area contributed by atoms with Gasteiger partial charge in [0.25, 0.3) is 5.91 Å². The zero-order chi connectivity index (χ0) is 27.9. The van der Waals surface area contributed by atoms with Crippen LogP contribution in [0.15, 0.2) is 85.2 Å². The Kier molecular flexibility index (Phi) is 8.25. The van der Waals surface area contributed by atoms with E-state index in [2.05, 4.69) is 10.4 Å². The first kappa shape index (κ1) is 26.7. The smallest absolute Gasteiger partial charge is 0.256 e. The molecule has 5 aromatic rings. The number of benzene rings is 3. The number of nitrogens with zero attached hydrogens (tertiary/aromatic N) is 3. The fourth-order valence-electron chi connectivity index (χ4n) is 4.36. The molecule has 0 fully saturated rings. The lowest BCUT2D eigenvalue weighted by molar-refractivity contribution is 0.102. The topological polar surface area (TPSA) is 87.5 Å². The average molecular weight is 537 g/mol. The van der Waals surface area contributed by atoms with Gasteiger partial charge >= 0.3 is 0 Å². The van der Waals surface area contributed by atoms with E-state index in [1.54, 1.807) is 6.20 Å². The van der Waals surface area contributed by atoms with Crippen LogP contribution in [0.2, 0.25) is 0 Å². The fourth-order valence-corrected chi connectivity index (χ4v) is 4.36. The lowest BCUT2D eigenvalue weighted by atomic mass is 10.0. The number of aryl methyl sites for hydroxylation is 1. The van der Waals surface area contributed by atoms with Crippen molar-refractivity contribution in [2.45, 2.75) is 33.9 Å². The van der Waals surface area contributed by atoms with E-state index in [1.165, 1.54) is 0 Å². The van der Waals surface area contributed by atoms with Gasteiger partial charge in [0, 0.05) is 29.4 Å². The summed E-state index contributed by atoms with van der Waals surface area (Å²) in [5.74, 6) is 1.90. The molecular weight excluding hydrogens is 504 g/mol. The third kappa shape index (κ3) is 6.07. The van der Waals surface area contributed by atoms with E-state index in [0.717, 1.165) is 34.3 Å². The number of ether oxygens (including phenoxy) is 3. The normalized spacial score (nSPS) is 10.9. The molecule has 0 atom stereocenters. The standard InChI is InChI=1S/C32H32N4O4/c1-4-36-20-23(19-33-36)29-18-27(26-9-7-8-10-28(26)35-29)32(37)34-24-12-14-25(15-13-24)40-21-22-11-16-30(38-5-2)31(17-22)39-6-3/h7-20H,4-6,21H2,1-3H3,(H,34,37). The molecule has 0 aliphatic carbocycles. The number of pyridine rings is 1. The van der Waals surface area contributed by atoms with Crippen molar-refractivity contribution in [3.63, 3.8) is 0 Å². The van der Waals surface area contributed by atoms with Crippen LogP contribution in [-0.2, 0) is 13.2 Å². The van der Waals surface area contributed by atoms with E-state index in [1.807, 2.05) is 104 Å². The molecular formula is C32H32N4O4. The van der Waals surface area contributed by atoms with Crippen LogP contribution in [0.1, 0.15) is 36.7 Å². The van der Waals surface area contributed by atoms with Crippen molar-refractivity contribution in [3.05, 3.63) is 96.3 Å². The fraction of sp³-hybridized carbons (Fsp3) is 0.219. The van der Waals surface area contributed by atoms with Crippen LogP contribution in [0.5, 0.6) is 17.2 Å². The minimum atomic E-state index is -0.214. The Balaban J connectivity index is 1.29. The SMILES string of the molecule is CCOc1ccc(COc2ccc(NC(=O)c3cc(-c4cnn(CC)c4)nc4ccccc34)cc2)cc1OCC. The summed E-state index contributed by atoms with van der Waals surface area (Å²) in [6, 6.07) is 22.6. The number of carbonyl (C=O) groups is 1. The second-order valence-corrected chi connectivity index (χ2v) is 9.07. The maximum atomic E-state index is 13.4. The van der Waals surface area contributed by atoms with E-state index in [-0.39, 0.29) is 5.91 Å². The molecule has 2 aromatic heterocycles. The van der Waals surface area contributed by atoms with E-state index in [9.17, 15) is 4.79 Å². The molecule has 1 amide bonds. The zero-order valence-corrected chi connectivity index (χ0v) is 22.9. The van der Waals surface area contributed by atoms with Crippen LogP contribution < -0.4 is 19.5 Å². The van der Waals surface area contributed by atoms with E-state index in [4.69, 9.17) is 19.2 Å². The number of carbonyl (C=O) groups excluding carboxylic acids is 1. The van der Waals surface area contributed by atoms with Crippen molar-refractivity contribution in [1.82, 2.24) is 14.8 Å². The summed E-state index contributed by atoms with van der Waals surface area (Å²) in [4.78, 5) is 18.2. The van der Waals surface area contributed by atoms with E-state index < -0.39 is 0 Å². The van der Waals surface area contributed by atoms with Crippen LogP contribution in [0.3, 0.4) is 0 Å². The Labute approximate surface area is 233 Å². The van der Waals surface area contributed by atoms with Gasteiger partial charge in [-0.3, -0.25) is 9.48 Å². The highest BCUT2D eigenvalue weighted by Gasteiger charge is 2.15. The van der Waals surface area contributed by atoms with Crippen molar-refractivity contribution in [2.75, 3.05) is 18.5 Å². The van der Waals surface area contributed by atoms with Crippen LogP contribution in [0, 0.1) is 0 Å². The molecule has 40 heavy (non-hydrogen) atoms. The maximum Gasteiger partial charge on any atom is 0.256 e. The van der Waals surface area contributed by atoms with Crippen LogP contribution in [-0.4, -0.2) is 33.9 Å². The summed E-state index contributed by atoms with van der Waals surface area (Å²) in [5.41, 5.74) is 4.50. The van der Waals surface area contributed by atoms with Crippen LogP contribution in [0.25, 0.3) is 22.2 Å². The number of anilines is 1. The molecule has 2 heterocycles. The summed E-state index contributed by atoms with van der Waals surface area (Å²) >= 11 is 0. The highest BCUT2D eigenvalue weighted by molar-refractivity contribution is 6.13. The highest BCUT2D eigenvalue weighted by atomic mass is 16.5. The predicted octanol–water partition coefficient (Wildman–Crippen LogP) is 6.75. The first-order valence-electron chi connectivity index (χ1n) is 13.4. The molecule has 8 heteroatoms. The lowest BCUT2D eigenvalue weighted by Gasteiger charge is -2.13. The minimum absolute atomic E-state index is 0.214. The molecule has 0 saturated heterocycles. The molecule has 3 aromatic carbocycles. The molecule has 0 aliphatic rings. The summed E-state index contributed by atoms with van der Waals surface area (Å²) in [5, 5.41) is 8.15. The molecule has 5 rings (SSSR count). The Morgan fingerprint density at radius 3 is 2.40 bits per heavy atom. The van der Waals surface area contributed by atoms with Gasteiger partial charge in [-0.25, -0.2) is 4.98 Å². The number of rotatable bonds is 11. The molecule has 0 radical (unpaired) electrons. The van der Waals surface area contributed by atoms with Gasteiger partial charge in [0.2, 0.25) is 0 Å². The Bertz CT molecular complexity index is 1610. The lowest BCUT2D eigenvalue weighted by Crippen LogP contribution is -2.13. The molecule has 0 spiro atoms. The van der Waals surface area contributed by atoms with Crippen molar-refractivity contribution in [2.24, 2.45) is 0 Å². The Hall–Kier alpha value is -4.85. The Morgan fingerprint density at radius 1 is 0.875 bits per heavy atom. The number of hydrogen-bond acceptors (Lipinski definition) is 6. The van der Waals surface area contributed by atoms with Gasteiger partial charge in [-0.1, -0.05) is 24.3 Å². The third-order valence-electron chi connectivity index (χ3n) is 6.34. The predicted molar refractivity (Wildman–Crippen MR) is 156 cm³/mol. The third-order valence-corrected chi connectivity index (χ3v) is 6.34. The van der Waals surface area contributed by atoms with Gasteiger partial charge in [-0.15, -0.1) is 0 Å². The van der Waals surface area contributed by atoms with Gasteiger partial charge in [-0.2, -0.15) is 5.10 Å². The summed E-state index contributed by atoms with van der Waals surface area (Å²) in [7, 11) is 0. The van der Waals surface area contributed by atoms with Crippen molar-refractivity contribution in [3.8, 4) is 28.5 Å². The summed E-state index contributed by atoms with van der Waals surface area (Å²) < 4.78 is 19.2. The molecule has 0 unspecified atom stereocenters. The van der Waals surface area contributed by atoms with Crippen molar-refractivity contribution >= 4 is 22.5 Å². The molecule has 0 bridgehead atoms. The van der Waals surface area contributed by atoms with E-state index in [0.29, 0.717) is 48.3 Å². The maximum absolute atomic E-state index is 13.4. The molecule has 204 valence electrons. The van der Waals surface area contributed by atoms with Gasteiger partial charge in [-0.05, 0) is 74.9 Å². The molecule has 1 N–H and O–H groups in total. The van der Waals surface area contributed by atoms with Crippen LogP contribution in [0.4, 0.5) is 5.69 Å². The second-order valence-electron chi connectivity index (χ2n) is 9.07. The number of amides is 1. The molecule has 8 nitrogen and oxygen atoms in total. The first-order chi connectivity index (χ1) is 19.6. The van der Waals surface area contributed by atoms with Gasteiger partial charge in [0.15, 0.2) is 11.5 Å². The summed E-state index contributed by atoms with van der Waals surface area (Å²) in [6.07, 6.45) is 3.70. The van der Waals surface area contributed by atoms with Gasteiger partial charge < -0.3 is 19.5 Å². The molecule has 0 aliphatic heterocycles. The molecule has 0 saturated carbocycles. The Morgan fingerprint density at radius 2 is 1.65 bits per heavy atom. The van der Waals surface area contributed by atoms with Crippen molar-refractivity contribution < 1.29 is 19.0 Å². The zero-order valence-electron chi connectivity index (χ0n) is 22.9. The van der Waals surface area contributed by atoms with Gasteiger partial charge in [0.05, 0.1) is 36.2 Å². The number of nitrogens with one attached hydrogen (secondary N) is 1.